The molecule has 1 heterocycles. The molecule has 7 nitrogen and oxygen atoms in total. The maximum Gasteiger partial charge on any atom is 0.278 e. The molecule has 0 spiro atoms. The first-order valence-electron chi connectivity index (χ1n) is 8.37. The molecule has 3 rings (SSSR count). The second-order valence-electron chi connectivity index (χ2n) is 6.13. The van der Waals surface area contributed by atoms with Gasteiger partial charge in [0, 0.05) is 27.1 Å². The molecule has 3 aromatic rings. The Balaban J connectivity index is 1.74. The van der Waals surface area contributed by atoms with Crippen LogP contribution >= 0.6 is 11.3 Å². The van der Waals surface area contributed by atoms with Gasteiger partial charge in [-0.1, -0.05) is 12.1 Å². The summed E-state index contributed by atoms with van der Waals surface area (Å²) in [6, 6.07) is 16.2. The number of hydrogen-bond donors (Lipinski definition) is 1. The van der Waals surface area contributed by atoms with Crippen molar-refractivity contribution in [3.63, 3.8) is 0 Å². The Morgan fingerprint density at radius 3 is 2.41 bits per heavy atom. The molecule has 0 aliphatic carbocycles. The zero-order valence-corrected chi connectivity index (χ0v) is 16.9. The van der Waals surface area contributed by atoms with Gasteiger partial charge in [0.15, 0.2) is 5.78 Å². The van der Waals surface area contributed by atoms with Gasteiger partial charge >= 0.3 is 0 Å². The molecule has 1 N–H and O–H groups in total. The first kappa shape index (κ1) is 20.4. The smallest absolute Gasteiger partial charge is 0.278 e. The number of thiophene rings is 1. The number of sulfonamides is 1. The van der Waals surface area contributed by atoms with Crippen LogP contribution in [0.4, 0.5) is 11.4 Å². The van der Waals surface area contributed by atoms with Crippen molar-refractivity contribution >= 4 is 44.6 Å². The quantitative estimate of drug-likeness (QED) is 0.256. The van der Waals surface area contributed by atoms with Gasteiger partial charge in [-0.3, -0.25) is 19.6 Å². The number of nitrogens with zero attached hydrogens (tertiary/aromatic N) is 1. The van der Waals surface area contributed by atoms with E-state index in [2.05, 4.69) is 4.72 Å². The lowest BCUT2D eigenvalue weighted by Crippen LogP contribution is -2.09. The fraction of sp³-hybridized carbons (Fsp3) is 0.0500. The van der Waals surface area contributed by atoms with Crippen LogP contribution in [0.25, 0.3) is 16.5 Å². The van der Waals surface area contributed by atoms with Crippen molar-refractivity contribution < 1.29 is 18.1 Å². The molecule has 0 unspecified atom stereocenters. The van der Waals surface area contributed by atoms with Crippen molar-refractivity contribution in [2.75, 3.05) is 11.0 Å². The number of allylic oxidation sites excluding steroid dienone is 1. The van der Waals surface area contributed by atoms with E-state index in [0.717, 1.165) is 16.0 Å². The van der Waals surface area contributed by atoms with Crippen LogP contribution in [-0.2, 0) is 10.0 Å². The van der Waals surface area contributed by atoms with Crippen molar-refractivity contribution in [1.82, 2.24) is 0 Å². The average molecular weight is 428 g/mol. The Morgan fingerprint density at radius 2 is 1.76 bits per heavy atom. The normalized spacial score (nSPS) is 11.5. The molecule has 0 amide bonds. The number of carbonyl (C=O) groups is 1. The summed E-state index contributed by atoms with van der Waals surface area (Å²) in [4.78, 5) is 24.6. The second-order valence-corrected chi connectivity index (χ2v) is 8.99. The van der Waals surface area contributed by atoms with Crippen LogP contribution in [0.5, 0.6) is 0 Å². The van der Waals surface area contributed by atoms with Gasteiger partial charge in [0.25, 0.3) is 5.69 Å². The minimum atomic E-state index is -3.38. The van der Waals surface area contributed by atoms with E-state index in [1.165, 1.54) is 47.7 Å². The zero-order valence-electron chi connectivity index (χ0n) is 15.2. The van der Waals surface area contributed by atoms with Crippen LogP contribution in [0, 0.1) is 10.1 Å². The molecule has 0 atom stereocenters. The minimum Gasteiger partial charge on any atom is -0.289 e. The number of para-hydroxylation sites is 1. The van der Waals surface area contributed by atoms with Crippen molar-refractivity contribution in [1.29, 1.82) is 0 Å². The summed E-state index contributed by atoms with van der Waals surface area (Å²) in [5.74, 6) is -0.239. The van der Waals surface area contributed by atoms with Gasteiger partial charge in [0.05, 0.1) is 16.7 Å². The Hall–Kier alpha value is -3.30. The zero-order chi connectivity index (χ0) is 21.0. The average Bonchev–Trinajstić information content (AvgIpc) is 3.14. The standard InChI is InChI=1S/C20H16N2O5S2/c1-29(26,27)21-15-8-6-14(7-9-15)19(23)12-10-16-11-13-20(28-16)17-4-2-3-5-18(17)22(24)25/h2-13,21H,1H3/b12-10+. The fourth-order valence-corrected chi connectivity index (χ4v) is 4.11. The molecule has 0 bridgehead atoms. The molecule has 148 valence electrons. The largest absolute Gasteiger partial charge is 0.289 e. The van der Waals surface area contributed by atoms with Gasteiger partial charge in [-0.2, -0.15) is 0 Å². The number of ketones is 1. The first-order chi connectivity index (χ1) is 13.7. The lowest BCUT2D eigenvalue weighted by Gasteiger charge is -2.03. The summed E-state index contributed by atoms with van der Waals surface area (Å²) in [5, 5.41) is 11.2. The van der Waals surface area contributed by atoms with E-state index in [-0.39, 0.29) is 11.5 Å². The third kappa shape index (κ3) is 5.37. The minimum absolute atomic E-state index is 0.0312. The summed E-state index contributed by atoms with van der Waals surface area (Å²) in [6.07, 6.45) is 4.11. The van der Waals surface area contributed by atoms with Gasteiger partial charge in [-0.25, -0.2) is 8.42 Å². The predicted molar refractivity (Wildman–Crippen MR) is 115 cm³/mol. The van der Waals surface area contributed by atoms with Gasteiger partial charge in [0.1, 0.15) is 0 Å². The number of nitro groups is 1. The summed E-state index contributed by atoms with van der Waals surface area (Å²) >= 11 is 1.34. The molecule has 29 heavy (non-hydrogen) atoms. The number of nitro benzene ring substituents is 1. The van der Waals surface area contributed by atoms with Crippen molar-refractivity contribution in [2.24, 2.45) is 0 Å². The molecule has 0 aliphatic rings. The molecular weight excluding hydrogens is 412 g/mol. The summed E-state index contributed by atoms with van der Waals surface area (Å²) in [5.41, 5.74) is 1.35. The Bertz CT molecular complexity index is 1200. The predicted octanol–water partition coefficient (Wildman–Crippen LogP) is 4.59. The number of benzene rings is 2. The highest BCUT2D eigenvalue weighted by atomic mass is 32.2. The van der Waals surface area contributed by atoms with E-state index in [1.807, 2.05) is 0 Å². The third-order valence-electron chi connectivity index (χ3n) is 3.86. The number of anilines is 1. The highest BCUT2D eigenvalue weighted by molar-refractivity contribution is 7.92. The molecular formula is C20H16N2O5S2. The molecule has 2 aromatic carbocycles. The van der Waals surface area contributed by atoms with E-state index in [4.69, 9.17) is 0 Å². The summed E-state index contributed by atoms with van der Waals surface area (Å²) in [7, 11) is -3.38. The van der Waals surface area contributed by atoms with Crippen LogP contribution in [0.15, 0.2) is 66.7 Å². The van der Waals surface area contributed by atoms with Gasteiger partial charge < -0.3 is 0 Å². The van der Waals surface area contributed by atoms with Gasteiger partial charge in [-0.15, -0.1) is 11.3 Å². The van der Waals surface area contributed by atoms with E-state index >= 15 is 0 Å². The Kier molecular flexibility index (Phi) is 5.90. The summed E-state index contributed by atoms with van der Waals surface area (Å²) in [6.45, 7) is 0. The number of carbonyl (C=O) groups excluding carboxylic acids is 1. The molecule has 0 fully saturated rings. The van der Waals surface area contributed by atoms with E-state index in [0.29, 0.717) is 16.8 Å². The highest BCUT2D eigenvalue weighted by Crippen LogP contribution is 2.35. The number of rotatable bonds is 7. The fourth-order valence-electron chi connectivity index (χ4n) is 2.60. The van der Waals surface area contributed by atoms with Crippen LogP contribution in [0.1, 0.15) is 15.2 Å². The third-order valence-corrected chi connectivity index (χ3v) is 5.55. The van der Waals surface area contributed by atoms with Crippen LogP contribution in [0.2, 0.25) is 0 Å². The Morgan fingerprint density at radius 1 is 1.07 bits per heavy atom. The second kappa shape index (κ2) is 8.38. The lowest BCUT2D eigenvalue weighted by atomic mass is 10.1. The van der Waals surface area contributed by atoms with E-state index in [1.54, 1.807) is 36.4 Å². The van der Waals surface area contributed by atoms with Crippen LogP contribution in [0.3, 0.4) is 0 Å². The molecule has 9 heteroatoms. The van der Waals surface area contributed by atoms with Crippen molar-refractivity contribution in [3.05, 3.63) is 87.3 Å². The van der Waals surface area contributed by atoms with E-state index in [9.17, 15) is 23.3 Å². The Labute approximate surface area is 171 Å². The van der Waals surface area contributed by atoms with Gasteiger partial charge in [0.2, 0.25) is 10.0 Å². The molecule has 1 aromatic heterocycles. The number of hydrogen-bond acceptors (Lipinski definition) is 6. The molecule has 0 radical (unpaired) electrons. The van der Waals surface area contributed by atoms with E-state index < -0.39 is 14.9 Å². The topological polar surface area (TPSA) is 106 Å². The summed E-state index contributed by atoms with van der Waals surface area (Å²) < 4.78 is 24.8. The maximum absolute atomic E-state index is 12.3. The molecule has 0 saturated heterocycles. The highest BCUT2D eigenvalue weighted by Gasteiger charge is 2.15. The van der Waals surface area contributed by atoms with Crippen molar-refractivity contribution in [3.8, 4) is 10.4 Å². The van der Waals surface area contributed by atoms with Crippen LogP contribution in [-0.4, -0.2) is 25.4 Å². The van der Waals surface area contributed by atoms with Crippen molar-refractivity contribution in [2.45, 2.75) is 0 Å². The van der Waals surface area contributed by atoms with Crippen LogP contribution < -0.4 is 4.72 Å². The number of nitrogens with one attached hydrogen (secondary N) is 1. The maximum atomic E-state index is 12.3. The SMILES string of the molecule is CS(=O)(=O)Nc1ccc(C(=O)/C=C/c2ccc(-c3ccccc3[N+](=O)[O-])s2)cc1. The first-order valence-corrected chi connectivity index (χ1v) is 11.1. The molecule has 0 saturated carbocycles. The monoisotopic (exact) mass is 428 g/mol. The molecule has 0 aliphatic heterocycles. The van der Waals surface area contributed by atoms with Gasteiger partial charge in [-0.05, 0) is 54.6 Å². The lowest BCUT2D eigenvalue weighted by molar-refractivity contribution is -0.384.